The highest BCUT2D eigenvalue weighted by molar-refractivity contribution is 8.00. The monoisotopic (exact) mass is 403 g/mol. The number of aromatic nitrogens is 2. The summed E-state index contributed by atoms with van der Waals surface area (Å²) in [7, 11) is 0. The molecule has 5 rings (SSSR count). The van der Waals surface area contributed by atoms with Crippen LogP contribution < -0.4 is 5.32 Å². The Morgan fingerprint density at radius 3 is 2.90 bits per heavy atom. The van der Waals surface area contributed by atoms with Crippen molar-refractivity contribution in [2.24, 2.45) is 0 Å². The molecule has 146 valence electrons. The Morgan fingerprint density at radius 2 is 2.03 bits per heavy atom. The zero-order valence-electron chi connectivity index (χ0n) is 15.9. The summed E-state index contributed by atoms with van der Waals surface area (Å²) in [5.41, 5.74) is 2.57. The molecule has 0 spiro atoms. The third-order valence-electron chi connectivity index (χ3n) is 5.11. The number of imidazole rings is 1. The fourth-order valence-electron chi connectivity index (χ4n) is 3.66. The van der Waals surface area contributed by atoms with Gasteiger partial charge in [-0.25, -0.2) is 4.98 Å². The van der Waals surface area contributed by atoms with Crippen LogP contribution in [0.25, 0.3) is 21.8 Å². The number of anilines is 1. The standard InChI is InChI=1S/C23H21N3O2S/c27-22(14-29-18-9-7-15-4-1-2-5-16(15)12-18)24-17-8-10-19-20(13-17)26-23(25-19)21-6-3-11-28-21/h1-2,4-5,7-10,12-13,21H,3,6,11,14H2,(H,24,27)(H,25,26). The molecule has 0 saturated carbocycles. The molecule has 1 fully saturated rings. The van der Waals surface area contributed by atoms with Crippen LogP contribution in [-0.2, 0) is 9.53 Å². The van der Waals surface area contributed by atoms with E-state index in [9.17, 15) is 4.79 Å². The zero-order valence-corrected chi connectivity index (χ0v) is 16.7. The number of thioether (sulfide) groups is 1. The first-order valence-electron chi connectivity index (χ1n) is 9.77. The molecule has 6 heteroatoms. The molecule has 1 atom stereocenters. The Bertz CT molecular complexity index is 1180. The Kier molecular flexibility index (Phi) is 4.96. The smallest absolute Gasteiger partial charge is 0.234 e. The summed E-state index contributed by atoms with van der Waals surface area (Å²) in [5.74, 6) is 1.20. The lowest BCUT2D eigenvalue weighted by atomic mass is 10.1. The number of carbonyl (C=O) groups is 1. The number of hydrogen-bond donors (Lipinski definition) is 2. The van der Waals surface area contributed by atoms with E-state index in [1.54, 1.807) is 0 Å². The average molecular weight is 404 g/mol. The number of aromatic amines is 1. The van der Waals surface area contributed by atoms with Crippen molar-refractivity contribution in [1.82, 2.24) is 9.97 Å². The lowest BCUT2D eigenvalue weighted by Gasteiger charge is -2.06. The van der Waals surface area contributed by atoms with Gasteiger partial charge in [-0.05, 0) is 53.9 Å². The molecule has 1 aromatic heterocycles. The number of fused-ring (bicyclic) bond motifs is 2. The van der Waals surface area contributed by atoms with Crippen molar-refractivity contribution in [2.45, 2.75) is 23.8 Å². The van der Waals surface area contributed by atoms with E-state index in [1.165, 1.54) is 22.5 Å². The minimum atomic E-state index is -0.0265. The summed E-state index contributed by atoms with van der Waals surface area (Å²) < 4.78 is 5.70. The first kappa shape index (κ1) is 18.2. The Labute approximate surface area is 172 Å². The topological polar surface area (TPSA) is 67.0 Å². The van der Waals surface area contributed by atoms with Crippen LogP contribution in [0.1, 0.15) is 24.8 Å². The second kappa shape index (κ2) is 7.89. The van der Waals surface area contributed by atoms with Crippen LogP contribution >= 0.6 is 11.8 Å². The Morgan fingerprint density at radius 1 is 1.14 bits per heavy atom. The van der Waals surface area contributed by atoms with Gasteiger partial charge in [0.2, 0.25) is 5.91 Å². The fraction of sp³-hybridized carbons (Fsp3) is 0.217. The molecule has 0 bridgehead atoms. The van der Waals surface area contributed by atoms with Gasteiger partial charge >= 0.3 is 0 Å². The summed E-state index contributed by atoms with van der Waals surface area (Å²) in [4.78, 5) is 21.5. The van der Waals surface area contributed by atoms with Gasteiger partial charge in [-0.15, -0.1) is 11.8 Å². The molecule has 0 aliphatic carbocycles. The molecule has 4 aromatic rings. The van der Waals surface area contributed by atoms with E-state index < -0.39 is 0 Å². The SMILES string of the molecule is O=C(CSc1ccc2ccccc2c1)Nc1ccc2nc(C3CCCO3)[nH]c2c1. The largest absolute Gasteiger partial charge is 0.370 e. The van der Waals surface area contributed by atoms with Crippen molar-refractivity contribution < 1.29 is 9.53 Å². The second-order valence-corrected chi connectivity index (χ2v) is 8.25. The predicted octanol–water partition coefficient (Wildman–Crippen LogP) is 5.30. The maximum absolute atomic E-state index is 12.4. The summed E-state index contributed by atoms with van der Waals surface area (Å²) in [5, 5.41) is 5.37. The van der Waals surface area contributed by atoms with Gasteiger partial charge < -0.3 is 15.0 Å². The van der Waals surface area contributed by atoms with Crippen LogP contribution in [0, 0.1) is 0 Å². The number of rotatable bonds is 5. The molecule has 3 aromatic carbocycles. The first-order chi connectivity index (χ1) is 14.2. The molecule has 1 amide bonds. The third kappa shape index (κ3) is 3.99. The molecular formula is C23H21N3O2S. The van der Waals surface area contributed by atoms with Gasteiger partial charge in [-0.2, -0.15) is 0 Å². The van der Waals surface area contributed by atoms with Crippen molar-refractivity contribution in [1.29, 1.82) is 0 Å². The molecule has 2 N–H and O–H groups in total. The number of ether oxygens (including phenoxy) is 1. The minimum Gasteiger partial charge on any atom is -0.370 e. The van der Waals surface area contributed by atoms with Crippen LogP contribution in [-0.4, -0.2) is 28.2 Å². The van der Waals surface area contributed by atoms with Crippen molar-refractivity contribution in [3.63, 3.8) is 0 Å². The van der Waals surface area contributed by atoms with Gasteiger partial charge in [0.25, 0.3) is 0 Å². The van der Waals surface area contributed by atoms with Crippen LogP contribution in [0.2, 0.25) is 0 Å². The molecule has 0 radical (unpaired) electrons. The van der Waals surface area contributed by atoms with E-state index in [-0.39, 0.29) is 12.0 Å². The molecule has 2 heterocycles. The molecule has 1 aliphatic rings. The quantitative estimate of drug-likeness (QED) is 0.444. The third-order valence-corrected chi connectivity index (χ3v) is 6.10. The Balaban J connectivity index is 1.24. The number of nitrogens with zero attached hydrogens (tertiary/aromatic N) is 1. The number of amides is 1. The first-order valence-corrected chi connectivity index (χ1v) is 10.8. The molecule has 1 unspecified atom stereocenters. The highest BCUT2D eigenvalue weighted by atomic mass is 32.2. The zero-order chi connectivity index (χ0) is 19.6. The van der Waals surface area contributed by atoms with Crippen LogP contribution in [0.15, 0.2) is 65.6 Å². The molecule has 1 aliphatic heterocycles. The van der Waals surface area contributed by atoms with Gasteiger partial charge in [0.05, 0.1) is 16.8 Å². The number of nitrogens with one attached hydrogen (secondary N) is 2. The summed E-state index contributed by atoms with van der Waals surface area (Å²) >= 11 is 1.54. The van der Waals surface area contributed by atoms with Crippen molar-refractivity contribution in [3.05, 3.63) is 66.5 Å². The maximum atomic E-state index is 12.4. The molecule has 5 nitrogen and oxygen atoms in total. The normalized spacial score (nSPS) is 16.5. The fourth-order valence-corrected chi connectivity index (χ4v) is 4.40. The number of benzene rings is 3. The van der Waals surface area contributed by atoms with E-state index in [4.69, 9.17) is 4.74 Å². The summed E-state index contributed by atoms with van der Waals surface area (Å²) in [6, 6.07) is 20.3. The minimum absolute atomic E-state index is 0.0265. The predicted molar refractivity (Wildman–Crippen MR) is 117 cm³/mol. The van der Waals surface area contributed by atoms with Gasteiger partial charge in [-0.3, -0.25) is 4.79 Å². The van der Waals surface area contributed by atoms with E-state index >= 15 is 0 Å². The van der Waals surface area contributed by atoms with Gasteiger partial charge in [0, 0.05) is 17.2 Å². The van der Waals surface area contributed by atoms with Gasteiger partial charge in [0.15, 0.2) is 0 Å². The highest BCUT2D eigenvalue weighted by Crippen LogP contribution is 2.29. The average Bonchev–Trinajstić information content (AvgIpc) is 3.41. The van der Waals surface area contributed by atoms with Gasteiger partial charge in [-0.1, -0.05) is 30.3 Å². The highest BCUT2D eigenvalue weighted by Gasteiger charge is 2.21. The summed E-state index contributed by atoms with van der Waals surface area (Å²) in [6.07, 6.45) is 2.12. The van der Waals surface area contributed by atoms with Crippen molar-refractivity contribution >= 4 is 45.2 Å². The van der Waals surface area contributed by atoms with Crippen LogP contribution in [0.3, 0.4) is 0 Å². The molecule has 29 heavy (non-hydrogen) atoms. The maximum Gasteiger partial charge on any atom is 0.234 e. The van der Waals surface area contributed by atoms with E-state index in [2.05, 4.69) is 45.6 Å². The van der Waals surface area contributed by atoms with E-state index in [0.29, 0.717) is 5.75 Å². The second-order valence-electron chi connectivity index (χ2n) is 7.20. The number of H-pyrrole nitrogens is 1. The lowest BCUT2D eigenvalue weighted by molar-refractivity contribution is -0.113. The summed E-state index contributed by atoms with van der Waals surface area (Å²) in [6.45, 7) is 0.790. The van der Waals surface area contributed by atoms with Crippen molar-refractivity contribution in [3.8, 4) is 0 Å². The molecule has 1 saturated heterocycles. The van der Waals surface area contributed by atoms with Crippen LogP contribution in [0.5, 0.6) is 0 Å². The van der Waals surface area contributed by atoms with Gasteiger partial charge in [0.1, 0.15) is 11.9 Å². The lowest BCUT2D eigenvalue weighted by Crippen LogP contribution is -2.13. The number of carbonyl (C=O) groups excluding carboxylic acids is 1. The van der Waals surface area contributed by atoms with E-state index in [0.717, 1.165) is 46.9 Å². The molecular weight excluding hydrogens is 382 g/mol. The van der Waals surface area contributed by atoms with Crippen LogP contribution in [0.4, 0.5) is 5.69 Å². The number of hydrogen-bond acceptors (Lipinski definition) is 4. The van der Waals surface area contributed by atoms with Crippen molar-refractivity contribution in [2.75, 3.05) is 17.7 Å². The van der Waals surface area contributed by atoms with E-state index in [1.807, 2.05) is 30.3 Å². The Hall–Kier alpha value is -2.83.